The lowest BCUT2D eigenvalue weighted by Crippen LogP contribution is -2.11. The van der Waals surface area contributed by atoms with Gasteiger partial charge in [0.2, 0.25) is 5.13 Å². The van der Waals surface area contributed by atoms with Crippen LogP contribution < -0.4 is 10.1 Å². The lowest BCUT2D eigenvalue weighted by molar-refractivity contribution is 0.102. The van der Waals surface area contributed by atoms with Crippen molar-refractivity contribution < 1.29 is 9.53 Å². The number of nitrogens with one attached hydrogen (secondary N) is 1. The van der Waals surface area contributed by atoms with Gasteiger partial charge < -0.3 is 4.74 Å². The SMILES string of the molecule is COc1ccccc1/C=C(\C#N)c1nnc(NC(=O)c2ccccc2)s1. The second kappa shape index (κ2) is 8.05. The first-order chi connectivity index (χ1) is 12.7. The number of carbonyl (C=O) groups excluding carboxylic acids is 1. The van der Waals surface area contributed by atoms with Gasteiger partial charge in [0.05, 0.1) is 12.7 Å². The number of hydrogen-bond acceptors (Lipinski definition) is 6. The van der Waals surface area contributed by atoms with Gasteiger partial charge in [-0.25, -0.2) is 0 Å². The number of anilines is 1. The number of aromatic nitrogens is 2. The van der Waals surface area contributed by atoms with Crippen LogP contribution in [0.25, 0.3) is 11.6 Å². The lowest BCUT2D eigenvalue weighted by atomic mass is 10.1. The molecular weight excluding hydrogens is 348 g/mol. The molecule has 0 atom stereocenters. The van der Waals surface area contributed by atoms with Crippen molar-refractivity contribution in [1.29, 1.82) is 5.26 Å². The van der Waals surface area contributed by atoms with Gasteiger partial charge in [0.15, 0.2) is 5.01 Å². The maximum Gasteiger partial charge on any atom is 0.257 e. The fourth-order valence-corrected chi connectivity index (χ4v) is 2.93. The normalized spacial score (nSPS) is 10.8. The molecule has 1 aromatic heterocycles. The standard InChI is InChI=1S/C19H14N4O2S/c1-25-16-10-6-5-9-14(16)11-15(12-20)18-22-23-19(26-18)21-17(24)13-7-3-2-4-8-13/h2-11H,1H3,(H,21,23,24)/b15-11+. The van der Waals surface area contributed by atoms with Gasteiger partial charge in [0.1, 0.15) is 11.8 Å². The summed E-state index contributed by atoms with van der Waals surface area (Å²) in [6.07, 6.45) is 1.68. The van der Waals surface area contributed by atoms with Crippen LogP contribution in [-0.2, 0) is 0 Å². The highest BCUT2D eigenvalue weighted by Crippen LogP contribution is 2.27. The first kappa shape index (κ1) is 17.3. The van der Waals surface area contributed by atoms with Crippen molar-refractivity contribution >= 4 is 34.0 Å². The Balaban J connectivity index is 1.82. The Labute approximate surface area is 154 Å². The minimum Gasteiger partial charge on any atom is -0.496 e. The van der Waals surface area contributed by atoms with E-state index in [-0.39, 0.29) is 5.91 Å². The lowest BCUT2D eigenvalue weighted by Gasteiger charge is -2.03. The van der Waals surface area contributed by atoms with Crippen molar-refractivity contribution in [2.75, 3.05) is 12.4 Å². The summed E-state index contributed by atoms with van der Waals surface area (Å²) in [6.45, 7) is 0. The molecule has 3 aromatic rings. The van der Waals surface area contributed by atoms with Crippen LogP contribution in [0.1, 0.15) is 20.9 Å². The Kier molecular flexibility index (Phi) is 5.37. The largest absolute Gasteiger partial charge is 0.496 e. The average molecular weight is 362 g/mol. The molecule has 1 amide bonds. The summed E-state index contributed by atoms with van der Waals surface area (Å²) in [5.74, 6) is 0.378. The van der Waals surface area contributed by atoms with Crippen LogP contribution in [0, 0.1) is 11.3 Å². The van der Waals surface area contributed by atoms with Crippen LogP contribution in [0.3, 0.4) is 0 Å². The van der Waals surface area contributed by atoms with Crippen molar-refractivity contribution in [3.8, 4) is 11.8 Å². The van der Waals surface area contributed by atoms with Crippen LogP contribution in [0.15, 0.2) is 54.6 Å². The summed E-state index contributed by atoms with van der Waals surface area (Å²) < 4.78 is 5.29. The minimum atomic E-state index is -0.277. The van der Waals surface area contributed by atoms with Crippen LogP contribution in [0.2, 0.25) is 0 Å². The van der Waals surface area contributed by atoms with Gasteiger partial charge in [-0.3, -0.25) is 10.1 Å². The van der Waals surface area contributed by atoms with Crippen LogP contribution in [0.5, 0.6) is 5.75 Å². The van der Waals surface area contributed by atoms with Gasteiger partial charge in [-0.05, 0) is 24.3 Å². The fourth-order valence-electron chi connectivity index (χ4n) is 2.22. The van der Waals surface area contributed by atoms with Gasteiger partial charge in [-0.2, -0.15) is 5.26 Å². The van der Waals surface area contributed by atoms with Gasteiger partial charge in [0.25, 0.3) is 5.91 Å². The van der Waals surface area contributed by atoms with E-state index in [0.29, 0.717) is 27.0 Å². The molecule has 6 nitrogen and oxygen atoms in total. The molecule has 2 aromatic carbocycles. The molecule has 0 radical (unpaired) electrons. The molecule has 0 bridgehead atoms. The summed E-state index contributed by atoms with van der Waals surface area (Å²) >= 11 is 1.14. The average Bonchev–Trinajstić information content (AvgIpc) is 3.15. The van der Waals surface area contributed by atoms with Crippen LogP contribution >= 0.6 is 11.3 Å². The molecule has 1 N–H and O–H groups in total. The predicted octanol–water partition coefficient (Wildman–Crippen LogP) is 3.86. The molecular formula is C19H14N4O2S. The zero-order valence-corrected chi connectivity index (χ0v) is 14.7. The number of hydrogen-bond donors (Lipinski definition) is 1. The number of nitrogens with zero attached hydrogens (tertiary/aromatic N) is 3. The molecule has 0 aliphatic carbocycles. The van der Waals surface area contributed by atoms with E-state index in [1.54, 1.807) is 37.5 Å². The van der Waals surface area contributed by atoms with Crippen molar-refractivity contribution in [3.05, 3.63) is 70.7 Å². The predicted molar refractivity (Wildman–Crippen MR) is 101 cm³/mol. The summed E-state index contributed by atoms with van der Waals surface area (Å²) in [6, 6.07) is 18.3. The quantitative estimate of drug-likeness (QED) is 0.696. The second-order valence-corrected chi connectivity index (χ2v) is 6.12. The summed E-state index contributed by atoms with van der Waals surface area (Å²) in [4.78, 5) is 12.2. The molecule has 26 heavy (non-hydrogen) atoms. The van der Waals surface area contributed by atoms with E-state index in [1.165, 1.54) is 0 Å². The Morgan fingerprint density at radius 2 is 1.88 bits per heavy atom. The van der Waals surface area contributed by atoms with Crippen molar-refractivity contribution in [1.82, 2.24) is 10.2 Å². The first-order valence-corrected chi connectivity index (χ1v) is 8.48. The van der Waals surface area contributed by atoms with E-state index in [1.807, 2.05) is 30.3 Å². The molecule has 128 valence electrons. The molecule has 0 spiro atoms. The number of rotatable bonds is 5. The molecule has 7 heteroatoms. The third kappa shape index (κ3) is 3.94. The summed E-state index contributed by atoms with van der Waals surface area (Å²) in [5, 5.41) is 20.9. The van der Waals surface area contributed by atoms with E-state index in [0.717, 1.165) is 16.9 Å². The third-order valence-corrected chi connectivity index (χ3v) is 4.34. The Morgan fingerprint density at radius 3 is 2.62 bits per heavy atom. The Bertz CT molecular complexity index is 990. The van der Waals surface area contributed by atoms with Gasteiger partial charge in [-0.1, -0.05) is 47.7 Å². The highest BCUT2D eigenvalue weighted by atomic mass is 32.1. The molecule has 0 aliphatic heterocycles. The van der Waals surface area contributed by atoms with Gasteiger partial charge >= 0.3 is 0 Å². The Morgan fingerprint density at radius 1 is 1.15 bits per heavy atom. The van der Waals surface area contributed by atoms with Crippen LogP contribution in [-0.4, -0.2) is 23.2 Å². The van der Waals surface area contributed by atoms with E-state index < -0.39 is 0 Å². The molecule has 3 rings (SSSR count). The summed E-state index contributed by atoms with van der Waals surface area (Å²) in [5.41, 5.74) is 1.62. The molecule has 0 unspecified atom stereocenters. The molecule has 0 saturated heterocycles. The van der Waals surface area contributed by atoms with Crippen LogP contribution in [0.4, 0.5) is 5.13 Å². The van der Waals surface area contributed by atoms with E-state index in [2.05, 4.69) is 21.6 Å². The highest BCUT2D eigenvalue weighted by Gasteiger charge is 2.13. The second-order valence-electron chi connectivity index (χ2n) is 5.14. The monoisotopic (exact) mass is 362 g/mol. The summed E-state index contributed by atoms with van der Waals surface area (Å²) in [7, 11) is 1.57. The number of ether oxygens (including phenoxy) is 1. The molecule has 0 saturated carbocycles. The third-order valence-electron chi connectivity index (χ3n) is 3.47. The highest BCUT2D eigenvalue weighted by molar-refractivity contribution is 7.16. The number of methoxy groups -OCH3 is 1. The van der Waals surface area contributed by atoms with Gasteiger partial charge in [-0.15, -0.1) is 10.2 Å². The zero-order chi connectivity index (χ0) is 18.4. The molecule has 0 fully saturated rings. The number of allylic oxidation sites excluding steroid dienone is 1. The zero-order valence-electron chi connectivity index (χ0n) is 13.8. The fraction of sp³-hybridized carbons (Fsp3) is 0.0526. The maximum absolute atomic E-state index is 12.2. The molecule has 0 aliphatic rings. The minimum absolute atomic E-state index is 0.277. The van der Waals surface area contributed by atoms with E-state index >= 15 is 0 Å². The smallest absolute Gasteiger partial charge is 0.257 e. The van der Waals surface area contributed by atoms with E-state index in [9.17, 15) is 10.1 Å². The topological polar surface area (TPSA) is 87.9 Å². The maximum atomic E-state index is 12.2. The Hall–Kier alpha value is -3.50. The molecule has 1 heterocycles. The van der Waals surface area contributed by atoms with E-state index in [4.69, 9.17) is 4.74 Å². The number of nitriles is 1. The van der Waals surface area contributed by atoms with Crippen molar-refractivity contribution in [2.45, 2.75) is 0 Å². The van der Waals surface area contributed by atoms with Gasteiger partial charge in [0, 0.05) is 11.1 Å². The number of benzene rings is 2. The number of amides is 1. The number of carbonyl (C=O) groups is 1. The van der Waals surface area contributed by atoms with Crippen molar-refractivity contribution in [3.63, 3.8) is 0 Å². The van der Waals surface area contributed by atoms with Crippen molar-refractivity contribution in [2.24, 2.45) is 0 Å². The number of para-hydroxylation sites is 1. The first-order valence-electron chi connectivity index (χ1n) is 7.66.